The summed E-state index contributed by atoms with van der Waals surface area (Å²) in [5, 5.41) is 3.27. The molecule has 1 aromatic rings. The molecule has 2 fully saturated rings. The van der Waals surface area contributed by atoms with E-state index in [0.717, 1.165) is 19.3 Å². The summed E-state index contributed by atoms with van der Waals surface area (Å²) in [5.74, 6) is 0.646. The van der Waals surface area contributed by atoms with Crippen molar-refractivity contribution in [2.45, 2.75) is 55.4 Å². The molecule has 118 valence electrons. The Morgan fingerprint density at radius 2 is 2.14 bits per heavy atom. The van der Waals surface area contributed by atoms with Crippen LogP contribution >= 0.6 is 0 Å². The van der Waals surface area contributed by atoms with Crippen LogP contribution in [0.15, 0.2) is 21.6 Å². The van der Waals surface area contributed by atoms with Crippen molar-refractivity contribution in [1.29, 1.82) is 0 Å². The van der Waals surface area contributed by atoms with Crippen molar-refractivity contribution in [3.63, 3.8) is 0 Å². The zero-order chi connectivity index (χ0) is 14.9. The van der Waals surface area contributed by atoms with Crippen LogP contribution in [0.3, 0.4) is 0 Å². The molecule has 0 unspecified atom stereocenters. The number of ether oxygens (including phenoxy) is 1. The summed E-state index contributed by atoms with van der Waals surface area (Å²) in [6, 6.07) is 3.78. The van der Waals surface area contributed by atoms with Crippen LogP contribution < -0.4 is 10.0 Å². The highest BCUT2D eigenvalue weighted by atomic mass is 32.2. The molecule has 3 rings (SSSR count). The van der Waals surface area contributed by atoms with Gasteiger partial charge in [-0.15, -0.1) is 0 Å². The fourth-order valence-corrected chi connectivity index (χ4v) is 3.51. The number of rotatable bonds is 8. The van der Waals surface area contributed by atoms with E-state index in [0.29, 0.717) is 24.9 Å². The first-order valence-corrected chi connectivity index (χ1v) is 8.88. The first kappa shape index (κ1) is 15.0. The van der Waals surface area contributed by atoms with Gasteiger partial charge in [0, 0.05) is 19.7 Å². The summed E-state index contributed by atoms with van der Waals surface area (Å²) >= 11 is 0. The van der Waals surface area contributed by atoms with Gasteiger partial charge in [-0.25, -0.2) is 13.1 Å². The fourth-order valence-electron chi connectivity index (χ4n) is 2.45. The molecule has 2 aliphatic rings. The Kier molecular flexibility index (Phi) is 4.09. The van der Waals surface area contributed by atoms with E-state index in [1.54, 1.807) is 13.2 Å². The highest BCUT2D eigenvalue weighted by Crippen LogP contribution is 2.34. The van der Waals surface area contributed by atoms with Crippen LogP contribution in [0.1, 0.15) is 37.9 Å². The average Bonchev–Trinajstić information content (AvgIpc) is 3.12. The van der Waals surface area contributed by atoms with Crippen LogP contribution in [-0.2, 0) is 21.3 Å². The number of sulfonamides is 1. The standard InChI is InChI=1S/C14H22N2O4S/c1-19-14(7-2-8-14)10-16-21(17,18)13-6-5-12(20-13)9-15-11-3-4-11/h5-6,11,15-16H,2-4,7-10H2,1H3. The largest absolute Gasteiger partial charge is 0.447 e. The molecule has 2 saturated carbocycles. The quantitative estimate of drug-likeness (QED) is 0.758. The highest BCUT2D eigenvalue weighted by molar-refractivity contribution is 7.89. The van der Waals surface area contributed by atoms with Gasteiger partial charge in [0.05, 0.1) is 12.1 Å². The second-order valence-corrected chi connectivity index (χ2v) is 7.64. The van der Waals surface area contributed by atoms with E-state index >= 15 is 0 Å². The molecule has 1 aromatic heterocycles. The van der Waals surface area contributed by atoms with Crippen LogP contribution in [0.2, 0.25) is 0 Å². The molecular formula is C14H22N2O4S. The highest BCUT2D eigenvalue weighted by Gasteiger charge is 2.38. The van der Waals surface area contributed by atoms with Crippen molar-refractivity contribution >= 4 is 10.0 Å². The summed E-state index contributed by atoms with van der Waals surface area (Å²) in [5.41, 5.74) is -0.337. The van der Waals surface area contributed by atoms with Crippen molar-refractivity contribution in [2.75, 3.05) is 13.7 Å². The zero-order valence-corrected chi connectivity index (χ0v) is 13.0. The molecule has 0 saturated heterocycles. The van der Waals surface area contributed by atoms with Gasteiger partial charge in [-0.2, -0.15) is 0 Å². The van der Waals surface area contributed by atoms with Gasteiger partial charge >= 0.3 is 0 Å². The lowest BCUT2D eigenvalue weighted by molar-refractivity contribution is -0.0659. The molecule has 2 aliphatic carbocycles. The van der Waals surface area contributed by atoms with Crippen molar-refractivity contribution < 1.29 is 17.6 Å². The predicted molar refractivity (Wildman–Crippen MR) is 77.3 cm³/mol. The Morgan fingerprint density at radius 3 is 2.71 bits per heavy atom. The third-order valence-electron chi connectivity index (χ3n) is 4.33. The molecule has 0 radical (unpaired) electrons. The Hall–Kier alpha value is -0.890. The molecule has 6 nitrogen and oxygen atoms in total. The number of furan rings is 1. The second-order valence-electron chi connectivity index (χ2n) is 5.94. The smallest absolute Gasteiger partial charge is 0.274 e. The number of hydrogen-bond donors (Lipinski definition) is 2. The first-order valence-electron chi connectivity index (χ1n) is 7.40. The van der Waals surface area contributed by atoms with Crippen LogP contribution in [0, 0.1) is 0 Å². The van der Waals surface area contributed by atoms with E-state index in [2.05, 4.69) is 10.0 Å². The molecule has 0 aliphatic heterocycles. The van der Waals surface area contributed by atoms with Crippen molar-refractivity contribution in [1.82, 2.24) is 10.0 Å². The zero-order valence-electron chi connectivity index (χ0n) is 12.2. The molecule has 0 aromatic carbocycles. The summed E-state index contributed by atoms with van der Waals surface area (Å²) in [6.07, 6.45) is 5.23. The maximum atomic E-state index is 12.2. The molecule has 21 heavy (non-hydrogen) atoms. The minimum absolute atomic E-state index is 0.0272. The Morgan fingerprint density at radius 1 is 1.38 bits per heavy atom. The van der Waals surface area contributed by atoms with E-state index in [9.17, 15) is 8.42 Å². The van der Waals surface area contributed by atoms with Gasteiger partial charge in [0.1, 0.15) is 5.76 Å². The molecule has 0 bridgehead atoms. The van der Waals surface area contributed by atoms with Crippen LogP contribution in [0.25, 0.3) is 0 Å². The average molecular weight is 314 g/mol. The molecule has 7 heteroatoms. The lowest BCUT2D eigenvalue weighted by atomic mass is 9.80. The minimum atomic E-state index is -3.61. The Balaban J connectivity index is 1.58. The van der Waals surface area contributed by atoms with Gasteiger partial charge in [-0.05, 0) is 44.2 Å². The van der Waals surface area contributed by atoms with Gasteiger partial charge < -0.3 is 14.5 Å². The molecule has 2 N–H and O–H groups in total. The SMILES string of the molecule is COC1(CNS(=O)(=O)c2ccc(CNC3CC3)o2)CCC1. The molecular weight excluding hydrogens is 292 g/mol. The van der Waals surface area contributed by atoms with Crippen molar-refractivity contribution in [3.05, 3.63) is 17.9 Å². The van der Waals surface area contributed by atoms with Crippen LogP contribution in [0.4, 0.5) is 0 Å². The summed E-state index contributed by atoms with van der Waals surface area (Å²) in [6.45, 7) is 0.865. The third kappa shape index (κ3) is 3.48. The van der Waals surface area contributed by atoms with E-state index in [1.807, 2.05) is 0 Å². The molecule has 1 heterocycles. The second kappa shape index (κ2) is 5.72. The summed E-state index contributed by atoms with van der Waals surface area (Å²) in [4.78, 5) is 0. The molecule has 0 atom stereocenters. The van der Waals surface area contributed by atoms with Crippen LogP contribution in [-0.4, -0.2) is 33.7 Å². The summed E-state index contributed by atoms with van der Waals surface area (Å²) < 4.78 is 37.9. The molecule has 0 spiro atoms. The van der Waals surface area contributed by atoms with Gasteiger partial charge in [0.25, 0.3) is 10.0 Å². The normalized spacial score (nSPS) is 21.2. The number of nitrogens with one attached hydrogen (secondary N) is 2. The van der Waals surface area contributed by atoms with E-state index in [-0.39, 0.29) is 10.7 Å². The molecule has 0 amide bonds. The van der Waals surface area contributed by atoms with Gasteiger partial charge in [-0.3, -0.25) is 0 Å². The van der Waals surface area contributed by atoms with E-state index < -0.39 is 10.0 Å². The number of hydrogen-bond acceptors (Lipinski definition) is 5. The van der Waals surface area contributed by atoms with Crippen molar-refractivity contribution in [2.24, 2.45) is 0 Å². The number of methoxy groups -OCH3 is 1. The van der Waals surface area contributed by atoms with E-state index in [4.69, 9.17) is 9.15 Å². The predicted octanol–water partition coefficient (Wildman–Crippen LogP) is 1.38. The fraction of sp³-hybridized carbons (Fsp3) is 0.714. The monoisotopic (exact) mass is 314 g/mol. The van der Waals surface area contributed by atoms with Crippen molar-refractivity contribution in [3.8, 4) is 0 Å². The summed E-state index contributed by atoms with van der Waals surface area (Å²) in [7, 11) is -1.98. The first-order chi connectivity index (χ1) is 10.0. The minimum Gasteiger partial charge on any atom is -0.447 e. The van der Waals surface area contributed by atoms with E-state index in [1.165, 1.54) is 18.9 Å². The van der Waals surface area contributed by atoms with Gasteiger partial charge in [-0.1, -0.05) is 0 Å². The lowest BCUT2D eigenvalue weighted by Crippen LogP contribution is -2.49. The lowest BCUT2D eigenvalue weighted by Gasteiger charge is -2.40. The third-order valence-corrected chi connectivity index (χ3v) is 5.60. The topological polar surface area (TPSA) is 80.6 Å². The Labute approximate surface area is 125 Å². The Bertz CT molecular complexity index is 582. The maximum Gasteiger partial charge on any atom is 0.274 e. The van der Waals surface area contributed by atoms with Gasteiger partial charge in [0.2, 0.25) is 5.09 Å². The maximum absolute atomic E-state index is 12.2. The van der Waals surface area contributed by atoms with Gasteiger partial charge in [0.15, 0.2) is 0 Å². The van der Waals surface area contributed by atoms with Crippen LogP contribution in [0.5, 0.6) is 0 Å².